The summed E-state index contributed by atoms with van der Waals surface area (Å²) in [6.07, 6.45) is -3.57. The molecule has 24 heavy (non-hydrogen) atoms. The van der Waals surface area contributed by atoms with Gasteiger partial charge in [-0.05, 0) is 13.0 Å². The third-order valence-electron chi connectivity index (χ3n) is 3.02. The molecule has 0 aliphatic heterocycles. The van der Waals surface area contributed by atoms with Gasteiger partial charge in [0, 0.05) is 5.69 Å². The van der Waals surface area contributed by atoms with Crippen LogP contribution in [-0.4, -0.2) is 30.7 Å². The molecule has 126 valence electrons. The maximum absolute atomic E-state index is 13.1. The number of hydrogen-bond donors (Lipinski definition) is 2. The smallest absolute Gasteiger partial charge is 0.374 e. The lowest BCUT2D eigenvalue weighted by Crippen LogP contribution is -2.23. The van der Waals surface area contributed by atoms with Crippen molar-refractivity contribution in [3.63, 3.8) is 0 Å². The standard InChI is InChI=1S/C12H10F3N7OS/c1-5-2-7(12(13,14)15)22-9(19-5)6(3-18-22)10(23)17-4-8-20-21-11(16)24-8/h2-3H,4H2,1H3,(H2,16,21)(H,17,23). The lowest BCUT2D eigenvalue weighted by molar-refractivity contribution is -0.142. The molecule has 3 heterocycles. The van der Waals surface area contributed by atoms with Gasteiger partial charge in [-0.15, -0.1) is 10.2 Å². The molecule has 0 aliphatic carbocycles. The number of nitrogens with two attached hydrogens (primary N) is 1. The number of halogens is 3. The van der Waals surface area contributed by atoms with E-state index in [4.69, 9.17) is 5.73 Å². The molecule has 3 aromatic rings. The Balaban J connectivity index is 1.92. The molecule has 0 saturated heterocycles. The van der Waals surface area contributed by atoms with E-state index >= 15 is 0 Å². The number of aromatic nitrogens is 5. The van der Waals surface area contributed by atoms with Crippen molar-refractivity contribution >= 4 is 28.0 Å². The molecule has 8 nitrogen and oxygen atoms in total. The Bertz CT molecular complexity index is 917. The minimum absolute atomic E-state index is 0.0446. The van der Waals surface area contributed by atoms with E-state index in [1.165, 1.54) is 6.92 Å². The summed E-state index contributed by atoms with van der Waals surface area (Å²) in [5.74, 6) is -0.620. The molecular weight excluding hydrogens is 347 g/mol. The van der Waals surface area contributed by atoms with Crippen LogP contribution in [0.1, 0.15) is 26.8 Å². The summed E-state index contributed by atoms with van der Waals surface area (Å²) in [5, 5.41) is 14.2. The van der Waals surface area contributed by atoms with Gasteiger partial charge >= 0.3 is 6.18 Å². The fraction of sp³-hybridized carbons (Fsp3) is 0.250. The van der Waals surface area contributed by atoms with Crippen LogP contribution < -0.4 is 11.1 Å². The molecule has 3 N–H and O–H groups in total. The molecular formula is C12H10F3N7OS. The quantitative estimate of drug-likeness (QED) is 0.733. The summed E-state index contributed by atoms with van der Waals surface area (Å²) < 4.78 is 39.8. The Kier molecular flexibility index (Phi) is 3.83. The van der Waals surface area contributed by atoms with E-state index in [0.29, 0.717) is 9.52 Å². The molecule has 0 aromatic carbocycles. The number of anilines is 1. The molecule has 12 heteroatoms. The molecule has 0 saturated carbocycles. The second-order valence-corrected chi connectivity index (χ2v) is 5.88. The number of nitrogen functional groups attached to an aromatic ring is 1. The zero-order valence-electron chi connectivity index (χ0n) is 12.1. The SMILES string of the molecule is Cc1cc(C(F)(F)F)n2ncc(C(=O)NCc3nnc(N)s3)c2n1. The lowest BCUT2D eigenvalue weighted by Gasteiger charge is -2.09. The number of hydrogen-bond acceptors (Lipinski definition) is 7. The molecule has 0 radical (unpaired) electrons. The number of fused-ring (bicyclic) bond motifs is 1. The van der Waals surface area contributed by atoms with E-state index in [1.807, 2.05) is 0 Å². The van der Waals surface area contributed by atoms with Gasteiger partial charge in [-0.2, -0.15) is 18.3 Å². The van der Waals surface area contributed by atoms with Crippen molar-refractivity contribution in [2.45, 2.75) is 19.6 Å². The van der Waals surface area contributed by atoms with Crippen LogP contribution in [0.25, 0.3) is 5.65 Å². The third kappa shape index (κ3) is 2.99. The molecule has 0 spiro atoms. The van der Waals surface area contributed by atoms with Crippen molar-refractivity contribution in [1.82, 2.24) is 30.1 Å². The second kappa shape index (κ2) is 5.70. The Morgan fingerprint density at radius 3 is 2.79 bits per heavy atom. The predicted octanol–water partition coefficient (Wildman–Crippen LogP) is 1.42. The highest BCUT2D eigenvalue weighted by Crippen LogP contribution is 2.30. The molecule has 1 amide bonds. The molecule has 0 bridgehead atoms. The van der Waals surface area contributed by atoms with Gasteiger partial charge in [-0.1, -0.05) is 11.3 Å². The first-order chi connectivity index (χ1) is 11.3. The van der Waals surface area contributed by atoms with Gasteiger partial charge in [0.1, 0.15) is 16.3 Å². The summed E-state index contributed by atoms with van der Waals surface area (Å²) in [6, 6.07) is 0.867. The fourth-order valence-corrected chi connectivity index (χ4v) is 2.58. The number of amides is 1. The highest BCUT2D eigenvalue weighted by atomic mass is 32.1. The van der Waals surface area contributed by atoms with E-state index in [2.05, 4.69) is 25.6 Å². The number of rotatable bonds is 3. The van der Waals surface area contributed by atoms with Gasteiger partial charge < -0.3 is 11.1 Å². The van der Waals surface area contributed by atoms with Crippen LogP contribution in [0.5, 0.6) is 0 Å². The molecule has 3 aromatic heterocycles. The largest absolute Gasteiger partial charge is 0.433 e. The average Bonchev–Trinajstić information content (AvgIpc) is 3.09. The van der Waals surface area contributed by atoms with Crippen molar-refractivity contribution < 1.29 is 18.0 Å². The number of nitrogens with zero attached hydrogens (tertiary/aromatic N) is 5. The maximum Gasteiger partial charge on any atom is 0.433 e. The van der Waals surface area contributed by atoms with E-state index in [1.54, 1.807) is 0 Å². The van der Waals surface area contributed by atoms with Gasteiger partial charge in [0.25, 0.3) is 5.91 Å². The summed E-state index contributed by atoms with van der Waals surface area (Å²) in [4.78, 5) is 16.2. The Morgan fingerprint density at radius 1 is 1.42 bits per heavy atom. The van der Waals surface area contributed by atoms with Crippen molar-refractivity contribution in [2.75, 3.05) is 5.73 Å². The summed E-state index contributed by atoms with van der Waals surface area (Å²) in [6.45, 7) is 1.46. The highest BCUT2D eigenvalue weighted by molar-refractivity contribution is 7.15. The van der Waals surface area contributed by atoms with Crippen LogP contribution in [0, 0.1) is 6.92 Å². The molecule has 3 rings (SSSR count). The number of alkyl halides is 3. The van der Waals surface area contributed by atoms with Crippen molar-refractivity contribution in [3.05, 3.63) is 34.2 Å². The van der Waals surface area contributed by atoms with E-state index in [9.17, 15) is 18.0 Å². The molecule has 0 aliphatic rings. The maximum atomic E-state index is 13.1. The van der Waals surface area contributed by atoms with Gasteiger partial charge in [0.05, 0.1) is 12.7 Å². The molecule has 0 fully saturated rings. The normalized spacial score (nSPS) is 11.8. The number of aryl methyl sites for hydroxylation is 1. The van der Waals surface area contributed by atoms with Crippen molar-refractivity contribution in [3.8, 4) is 0 Å². The monoisotopic (exact) mass is 357 g/mol. The first-order valence-corrected chi connectivity index (χ1v) is 7.36. The lowest BCUT2D eigenvalue weighted by atomic mass is 10.3. The van der Waals surface area contributed by atoms with Gasteiger partial charge in [-0.25, -0.2) is 9.50 Å². The number of nitrogens with one attached hydrogen (secondary N) is 1. The first-order valence-electron chi connectivity index (χ1n) is 6.54. The van der Waals surface area contributed by atoms with Gasteiger partial charge in [-0.3, -0.25) is 4.79 Å². The Hall–Kier alpha value is -2.76. The number of carbonyl (C=O) groups is 1. The summed E-state index contributed by atoms with van der Waals surface area (Å²) in [7, 11) is 0. The summed E-state index contributed by atoms with van der Waals surface area (Å²) in [5.41, 5.74) is 4.32. The first kappa shape index (κ1) is 16.1. The topological polar surface area (TPSA) is 111 Å². The van der Waals surface area contributed by atoms with Gasteiger partial charge in [0.15, 0.2) is 5.65 Å². The van der Waals surface area contributed by atoms with E-state index < -0.39 is 17.8 Å². The van der Waals surface area contributed by atoms with E-state index in [0.717, 1.165) is 23.6 Å². The number of carbonyl (C=O) groups excluding carboxylic acids is 1. The van der Waals surface area contributed by atoms with Gasteiger partial charge in [0.2, 0.25) is 5.13 Å². The van der Waals surface area contributed by atoms with E-state index in [-0.39, 0.29) is 28.6 Å². The van der Waals surface area contributed by atoms with Crippen LogP contribution in [0.4, 0.5) is 18.3 Å². The Morgan fingerprint density at radius 2 is 2.17 bits per heavy atom. The van der Waals surface area contributed by atoms with Crippen LogP contribution in [-0.2, 0) is 12.7 Å². The minimum Gasteiger partial charge on any atom is -0.374 e. The summed E-state index contributed by atoms with van der Waals surface area (Å²) >= 11 is 1.09. The van der Waals surface area contributed by atoms with Crippen LogP contribution >= 0.6 is 11.3 Å². The second-order valence-electron chi connectivity index (χ2n) is 4.79. The van der Waals surface area contributed by atoms with Crippen molar-refractivity contribution in [1.29, 1.82) is 0 Å². The van der Waals surface area contributed by atoms with Crippen LogP contribution in [0.15, 0.2) is 12.3 Å². The molecule has 0 atom stereocenters. The average molecular weight is 357 g/mol. The third-order valence-corrected chi connectivity index (χ3v) is 3.77. The van der Waals surface area contributed by atoms with Crippen LogP contribution in [0.3, 0.4) is 0 Å². The highest BCUT2D eigenvalue weighted by Gasteiger charge is 2.35. The van der Waals surface area contributed by atoms with Crippen molar-refractivity contribution in [2.24, 2.45) is 0 Å². The minimum atomic E-state index is -4.62. The van der Waals surface area contributed by atoms with Crippen LogP contribution in [0.2, 0.25) is 0 Å². The molecule has 0 unspecified atom stereocenters. The Labute approximate surface area is 136 Å². The zero-order valence-corrected chi connectivity index (χ0v) is 12.9. The zero-order chi connectivity index (χ0) is 17.5. The fourth-order valence-electron chi connectivity index (χ4n) is 2.04. The predicted molar refractivity (Wildman–Crippen MR) is 78.2 cm³/mol.